The van der Waals surface area contributed by atoms with Crippen LogP contribution in [0.15, 0.2) is 4.99 Å². The van der Waals surface area contributed by atoms with Crippen LogP contribution in [0.3, 0.4) is 0 Å². The lowest BCUT2D eigenvalue weighted by molar-refractivity contribution is -0.149. The summed E-state index contributed by atoms with van der Waals surface area (Å²) in [4.78, 5) is 18.6. The number of guanidine groups is 1. The molecule has 0 aromatic carbocycles. The average Bonchev–Trinajstić information content (AvgIpc) is 2.44. The van der Waals surface area contributed by atoms with Crippen LogP contribution in [-0.4, -0.2) is 49.6 Å². The van der Waals surface area contributed by atoms with E-state index in [0.717, 1.165) is 44.9 Å². The molecule has 0 bridgehead atoms. The van der Waals surface area contributed by atoms with Gasteiger partial charge in [-0.1, -0.05) is 6.92 Å². The summed E-state index contributed by atoms with van der Waals surface area (Å²) in [7, 11) is 0. The van der Waals surface area contributed by atoms with Crippen LogP contribution in [0.1, 0.15) is 40.0 Å². The molecule has 1 aliphatic rings. The highest BCUT2D eigenvalue weighted by Gasteiger charge is 2.28. The van der Waals surface area contributed by atoms with Crippen molar-refractivity contribution in [3.8, 4) is 0 Å². The van der Waals surface area contributed by atoms with Crippen LogP contribution in [-0.2, 0) is 9.53 Å². The molecule has 0 saturated carbocycles. The molecule has 19 heavy (non-hydrogen) atoms. The molecule has 0 aromatic heterocycles. The van der Waals surface area contributed by atoms with Crippen molar-refractivity contribution in [3.63, 3.8) is 0 Å². The number of carbonyl (C=O) groups excluding carboxylic acids is 1. The summed E-state index contributed by atoms with van der Waals surface area (Å²) >= 11 is 0. The third-order valence-electron chi connectivity index (χ3n) is 3.16. The van der Waals surface area contributed by atoms with E-state index in [2.05, 4.69) is 29.1 Å². The first-order valence-electron chi connectivity index (χ1n) is 7.42. The lowest BCUT2D eigenvalue weighted by Crippen LogP contribution is -2.48. The smallest absolute Gasteiger partial charge is 0.310 e. The molecule has 1 unspecified atom stereocenters. The van der Waals surface area contributed by atoms with Gasteiger partial charge in [0, 0.05) is 26.2 Å². The Hall–Kier alpha value is -1.26. The normalized spacial score (nSPS) is 20.3. The Morgan fingerprint density at radius 2 is 2.21 bits per heavy atom. The molecule has 0 aromatic rings. The van der Waals surface area contributed by atoms with Crippen molar-refractivity contribution < 1.29 is 9.53 Å². The third kappa shape index (κ3) is 5.09. The van der Waals surface area contributed by atoms with Crippen molar-refractivity contribution in [2.24, 2.45) is 10.9 Å². The Bertz CT molecular complexity index is 305. The fraction of sp³-hybridized carbons (Fsp3) is 0.857. The van der Waals surface area contributed by atoms with Crippen molar-refractivity contribution in [1.29, 1.82) is 0 Å². The molecular weight excluding hydrogens is 242 g/mol. The summed E-state index contributed by atoms with van der Waals surface area (Å²) in [5.41, 5.74) is 0. The number of hydrogen-bond acceptors (Lipinski definition) is 3. The first kappa shape index (κ1) is 15.8. The van der Waals surface area contributed by atoms with Gasteiger partial charge in [0.1, 0.15) is 0 Å². The maximum atomic E-state index is 11.8. The molecule has 5 heteroatoms. The van der Waals surface area contributed by atoms with Crippen LogP contribution >= 0.6 is 0 Å². The maximum absolute atomic E-state index is 11.8. The zero-order chi connectivity index (χ0) is 14.1. The van der Waals surface area contributed by atoms with Gasteiger partial charge in [-0.25, -0.2) is 0 Å². The van der Waals surface area contributed by atoms with Gasteiger partial charge in [-0.15, -0.1) is 0 Å². The molecule has 1 aliphatic heterocycles. The maximum Gasteiger partial charge on any atom is 0.310 e. The Morgan fingerprint density at radius 1 is 1.42 bits per heavy atom. The highest BCUT2D eigenvalue weighted by molar-refractivity contribution is 5.81. The van der Waals surface area contributed by atoms with E-state index in [0.29, 0.717) is 13.2 Å². The highest BCUT2D eigenvalue weighted by Crippen LogP contribution is 2.18. The largest absolute Gasteiger partial charge is 0.466 e. The minimum Gasteiger partial charge on any atom is -0.466 e. The van der Waals surface area contributed by atoms with E-state index < -0.39 is 0 Å². The van der Waals surface area contributed by atoms with Crippen molar-refractivity contribution in [2.75, 3.05) is 32.8 Å². The lowest BCUT2D eigenvalue weighted by Gasteiger charge is -2.34. The Balaban J connectivity index is 2.62. The van der Waals surface area contributed by atoms with Gasteiger partial charge in [0.15, 0.2) is 5.96 Å². The van der Waals surface area contributed by atoms with Crippen molar-refractivity contribution in [3.05, 3.63) is 0 Å². The van der Waals surface area contributed by atoms with Gasteiger partial charge in [0.25, 0.3) is 0 Å². The number of nitrogens with zero attached hydrogens (tertiary/aromatic N) is 2. The first-order valence-corrected chi connectivity index (χ1v) is 7.42. The molecule has 0 aliphatic carbocycles. The third-order valence-corrected chi connectivity index (χ3v) is 3.16. The number of esters is 1. The van der Waals surface area contributed by atoms with Gasteiger partial charge in [-0.3, -0.25) is 9.79 Å². The predicted molar refractivity (Wildman–Crippen MR) is 77.2 cm³/mol. The van der Waals surface area contributed by atoms with E-state index in [1.54, 1.807) is 0 Å². The summed E-state index contributed by atoms with van der Waals surface area (Å²) in [6.45, 7) is 9.84. The molecule has 0 amide bonds. The van der Waals surface area contributed by atoms with Gasteiger partial charge in [-0.2, -0.15) is 0 Å². The van der Waals surface area contributed by atoms with Crippen molar-refractivity contribution in [2.45, 2.75) is 40.0 Å². The molecule has 1 N–H and O–H groups in total. The van der Waals surface area contributed by atoms with Crippen LogP contribution in [0.25, 0.3) is 0 Å². The second kappa shape index (κ2) is 8.77. The van der Waals surface area contributed by atoms with Gasteiger partial charge in [-0.05, 0) is 33.1 Å². The molecule has 110 valence electrons. The van der Waals surface area contributed by atoms with Gasteiger partial charge >= 0.3 is 5.97 Å². The number of ether oxygens (including phenoxy) is 1. The average molecular weight is 269 g/mol. The van der Waals surface area contributed by atoms with E-state index in [-0.39, 0.29) is 11.9 Å². The molecule has 1 saturated heterocycles. The van der Waals surface area contributed by atoms with Crippen LogP contribution in [0.4, 0.5) is 0 Å². The number of aliphatic imine (C=N–C) groups is 1. The second-order valence-electron chi connectivity index (χ2n) is 4.77. The van der Waals surface area contributed by atoms with Crippen molar-refractivity contribution in [1.82, 2.24) is 10.2 Å². The molecule has 1 atom stereocenters. The minimum atomic E-state index is -0.0708. The summed E-state index contributed by atoms with van der Waals surface area (Å²) in [6, 6.07) is 0. The van der Waals surface area contributed by atoms with Gasteiger partial charge in [0.05, 0.1) is 12.5 Å². The SMILES string of the molecule is CCCN=C(NCC)N1CCCC(C(=O)OCC)C1. The second-order valence-corrected chi connectivity index (χ2v) is 4.77. The van der Waals surface area contributed by atoms with Crippen LogP contribution in [0.5, 0.6) is 0 Å². The molecule has 1 fully saturated rings. The summed E-state index contributed by atoms with van der Waals surface area (Å²) < 4.78 is 5.12. The molecular formula is C14H27N3O2. The Labute approximate surface area is 116 Å². The standard InChI is InChI=1S/C14H27N3O2/c1-4-9-16-14(15-5-2)17-10-7-8-12(11-17)13(18)19-6-3/h12H,4-11H2,1-3H3,(H,15,16). The molecule has 0 radical (unpaired) electrons. The van der Waals surface area contributed by atoms with E-state index in [9.17, 15) is 4.79 Å². The Kier molecular flexibility index (Phi) is 7.30. The first-order chi connectivity index (χ1) is 9.22. The summed E-state index contributed by atoms with van der Waals surface area (Å²) in [6.07, 6.45) is 2.96. The predicted octanol–water partition coefficient (Wildman–Crippen LogP) is 1.64. The topological polar surface area (TPSA) is 53.9 Å². The molecule has 0 spiro atoms. The van der Waals surface area contributed by atoms with E-state index in [4.69, 9.17) is 4.74 Å². The number of rotatable bonds is 5. The van der Waals surface area contributed by atoms with E-state index >= 15 is 0 Å². The van der Waals surface area contributed by atoms with Crippen molar-refractivity contribution >= 4 is 11.9 Å². The monoisotopic (exact) mass is 269 g/mol. The fourth-order valence-corrected chi connectivity index (χ4v) is 2.27. The Morgan fingerprint density at radius 3 is 2.84 bits per heavy atom. The van der Waals surface area contributed by atoms with E-state index in [1.807, 2.05) is 6.92 Å². The highest BCUT2D eigenvalue weighted by atomic mass is 16.5. The number of nitrogens with one attached hydrogen (secondary N) is 1. The zero-order valence-corrected chi connectivity index (χ0v) is 12.4. The molecule has 1 heterocycles. The lowest BCUT2D eigenvalue weighted by atomic mass is 9.98. The zero-order valence-electron chi connectivity index (χ0n) is 12.4. The minimum absolute atomic E-state index is 0.0146. The summed E-state index contributed by atoms with van der Waals surface area (Å²) in [5, 5.41) is 3.30. The van der Waals surface area contributed by atoms with Crippen LogP contribution in [0.2, 0.25) is 0 Å². The fourth-order valence-electron chi connectivity index (χ4n) is 2.27. The number of hydrogen-bond donors (Lipinski definition) is 1. The quantitative estimate of drug-likeness (QED) is 0.468. The number of likely N-dealkylation sites (tertiary alicyclic amines) is 1. The van der Waals surface area contributed by atoms with Crippen LogP contribution in [0, 0.1) is 5.92 Å². The van der Waals surface area contributed by atoms with E-state index in [1.165, 1.54) is 0 Å². The molecule has 1 rings (SSSR count). The van der Waals surface area contributed by atoms with Gasteiger partial charge in [0.2, 0.25) is 0 Å². The summed E-state index contributed by atoms with van der Waals surface area (Å²) in [5.74, 6) is 0.844. The van der Waals surface area contributed by atoms with Gasteiger partial charge < -0.3 is 15.0 Å². The molecule has 5 nitrogen and oxygen atoms in total. The number of carbonyl (C=O) groups is 1. The number of piperidine rings is 1. The van der Waals surface area contributed by atoms with Crippen LogP contribution < -0.4 is 5.32 Å².